The second kappa shape index (κ2) is 7.84. The fourth-order valence-electron chi connectivity index (χ4n) is 4.53. The second-order valence-corrected chi connectivity index (χ2v) is 8.92. The lowest BCUT2D eigenvalue weighted by Crippen LogP contribution is -2.36. The van der Waals surface area contributed by atoms with E-state index in [1.54, 1.807) is 0 Å². The average Bonchev–Trinajstić information content (AvgIpc) is 3.22. The van der Waals surface area contributed by atoms with Crippen LogP contribution in [0.25, 0.3) is 0 Å². The minimum absolute atomic E-state index is 0.449. The Kier molecular flexibility index (Phi) is 5.43. The zero-order valence-corrected chi connectivity index (χ0v) is 17.7. The van der Waals surface area contributed by atoms with E-state index in [1.807, 2.05) is 12.4 Å². The Morgan fingerprint density at radius 3 is 2.61 bits per heavy atom. The summed E-state index contributed by atoms with van der Waals surface area (Å²) in [6.45, 7) is 8.53. The zero-order valence-electron chi connectivity index (χ0n) is 17.7. The Labute approximate surface area is 169 Å². The van der Waals surface area contributed by atoms with Gasteiger partial charge in [0.2, 0.25) is 0 Å². The molecule has 2 aromatic rings. The molecule has 1 saturated carbocycles. The van der Waals surface area contributed by atoms with Gasteiger partial charge in [0.1, 0.15) is 11.6 Å². The van der Waals surface area contributed by atoms with E-state index in [0.29, 0.717) is 17.5 Å². The van der Waals surface area contributed by atoms with E-state index in [0.717, 1.165) is 37.8 Å². The highest BCUT2D eigenvalue weighted by molar-refractivity contribution is 5.39. The van der Waals surface area contributed by atoms with Crippen LogP contribution in [0.1, 0.15) is 44.5 Å². The Bertz CT molecular complexity index is 775. The van der Waals surface area contributed by atoms with Crippen LogP contribution in [0.5, 0.6) is 0 Å². The van der Waals surface area contributed by atoms with Crippen LogP contribution in [0.3, 0.4) is 0 Å². The average molecular weight is 383 g/mol. The van der Waals surface area contributed by atoms with Gasteiger partial charge >= 0.3 is 0 Å². The minimum atomic E-state index is 0.449. The number of rotatable bonds is 7. The molecule has 0 aromatic carbocycles. The molecule has 1 atom stereocenters. The predicted molar refractivity (Wildman–Crippen MR) is 113 cm³/mol. The molecule has 2 aromatic heterocycles. The number of nitrogens with one attached hydrogen (secondary N) is 1. The third kappa shape index (κ3) is 3.94. The van der Waals surface area contributed by atoms with Crippen LogP contribution in [-0.2, 0) is 20.1 Å². The van der Waals surface area contributed by atoms with Gasteiger partial charge in [0.15, 0.2) is 0 Å². The molecule has 28 heavy (non-hydrogen) atoms. The van der Waals surface area contributed by atoms with Gasteiger partial charge in [-0.15, -0.1) is 0 Å². The van der Waals surface area contributed by atoms with Crippen molar-refractivity contribution >= 4 is 5.82 Å². The molecule has 0 bridgehead atoms. The van der Waals surface area contributed by atoms with Crippen LogP contribution in [0.15, 0.2) is 30.7 Å². The molecular formula is C22H34N6. The van der Waals surface area contributed by atoms with E-state index in [1.165, 1.54) is 24.8 Å². The molecule has 1 spiro atoms. The number of pyridine rings is 1. The molecule has 4 rings (SSSR count). The van der Waals surface area contributed by atoms with E-state index in [2.05, 4.69) is 70.9 Å². The van der Waals surface area contributed by atoms with Gasteiger partial charge < -0.3 is 14.8 Å². The quantitative estimate of drug-likeness (QED) is 0.798. The van der Waals surface area contributed by atoms with Crippen LogP contribution < -0.4 is 10.2 Å². The molecule has 1 unspecified atom stereocenters. The van der Waals surface area contributed by atoms with E-state index in [-0.39, 0.29) is 0 Å². The molecule has 3 heterocycles. The van der Waals surface area contributed by atoms with E-state index >= 15 is 0 Å². The fraction of sp³-hybridized carbons (Fsp3) is 0.636. The summed E-state index contributed by atoms with van der Waals surface area (Å²) in [6.07, 6.45) is 9.91. The minimum Gasteiger partial charge on any atom is -0.357 e. The van der Waals surface area contributed by atoms with Crippen molar-refractivity contribution in [3.63, 3.8) is 0 Å². The predicted octanol–water partition coefficient (Wildman–Crippen LogP) is 2.80. The molecule has 1 saturated heterocycles. The van der Waals surface area contributed by atoms with Gasteiger partial charge in [-0.25, -0.2) is 9.97 Å². The van der Waals surface area contributed by atoms with Gasteiger partial charge in [0.05, 0.1) is 6.54 Å². The number of nitrogens with zero attached hydrogens (tertiary/aromatic N) is 5. The summed E-state index contributed by atoms with van der Waals surface area (Å²) in [7, 11) is 4.19. The maximum atomic E-state index is 4.72. The molecule has 1 aliphatic heterocycles. The van der Waals surface area contributed by atoms with Crippen LogP contribution in [0.4, 0.5) is 5.82 Å². The maximum Gasteiger partial charge on any atom is 0.128 e. The standard InChI is InChI=1S/C22H34N6/c1-17(2)27(4)20-6-5-18(14-25-20)15-28(16-21-24-11-12-26(21)3)19-13-22(19)7-9-23-10-8-22/h5-6,11-12,14,17,19,23H,7-10,13,15-16H2,1-4H3. The van der Waals surface area contributed by atoms with Crippen molar-refractivity contribution in [3.05, 3.63) is 42.1 Å². The lowest BCUT2D eigenvalue weighted by atomic mass is 9.93. The second-order valence-electron chi connectivity index (χ2n) is 8.92. The topological polar surface area (TPSA) is 49.2 Å². The molecule has 6 heteroatoms. The van der Waals surface area contributed by atoms with Crippen molar-refractivity contribution in [2.24, 2.45) is 12.5 Å². The summed E-state index contributed by atoms with van der Waals surface area (Å²) in [6, 6.07) is 5.50. The number of aryl methyl sites for hydroxylation is 1. The normalized spacial score (nSPS) is 20.9. The number of piperidine rings is 1. The highest BCUT2D eigenvalue weighted by atomic mass is 15.2. The first-order chi connectivity index (χ1) is 13.5. The highest BCUT2D eigenvalue weighted by Crippen LogP contribution is 2.56. The van der Waals surface area contributed by atoms with Gasteiger partial charge in [-0.2, -0.15) is 0 Å². The molecule has 6 nitrogen and oxygen atoms in total. The summed E-state index contributed by atoms with van der Waals surface area (Å²) < 4.78 is 2.14. The molecule has 0 amide bonds. The summed E-state index contributed by atoms with van der Waals surface area (Å²) in [5, 5.41) is 3.52. The van der Waals surface area contributed by atoms with Crippen molar-refractivity contribution in [3.8, 4) is 0 Å². The van der Waals surface area contributed by atoms with E-state index in [4.69, 9.17) is 4.98 Å². The largest absolute Gasteiger partial charge is 0.357 e. The summed E-state index contributed by atoms with van der Waals surface area (Å²) >= 11 is 0. The van der Waals surface area contributed by atoms with Crippen molar-refractivity contribution < 1.29 is 0 Å². The SMILES string of the molecule is CC(C)N(C)c1ccc(CN(Cc2nccn2C)C2CC23CCNCC3)cn1. The third-order valence-corrected chi connectivity index (χ3v) is 6.78. The van der Waals surface area contributed by atoms with Gasteiger partial charge in [-0.05, 0) is 63.2 Å². The monoisotopic (exact) mass is 382 g/mol. The third-order valence-electron chi connectivity index (χ3n) is 6.78. The summed E-state index contributed by atoms with van der Waals surface area (Å²) in [5.41, 5.74) is 1.80. The van der Waals surface area contributed by atoms with Crippen molar-refractivity contribution in [1.29, 1.82) is 0 Å². The van der Waals surface area contributed by atoms with Gasteiger partial charge in [0, 0.05) is 51.3 Å². The number of hydrogen-bond acceptors (Lipinski definition) is 5. The van der Waals surface area contributed by atoms with Gasteiger partial charge in [0.25, 0.3) is 0 Å². The molecule has 1 aliphatic carbocycles. The fourth-order valence-corrected chi connectivity index (χ4v) is 4.53. The molecule has 0 radical (unpaired) electrons. The lowest BCUT2D eigenvalue weighted by Gasteiger charge is -2.29. The Balaban J connectivity index is 1.50. The number of imidazole rings is 1. The van der Waals surface area contributed by atoms with Crippen LogP contribution in [0.2, 0.25) is 0 Å². The maximum absolute atomic E-state index is 4.72. The van der Waals surface area contributed by atoms with Crippen molar-refractivity contribution in [2.45, 2.75) is 58.3 Å². The van der Waals surface area contributed by atoms with E-state index in [9.17, 15) is 0 Å². The van der Waals surface area contributed by atoms with Crippen LogP contribution >= 0.6 is 0 Å². The Hall–Kier alpha value is -1.92. The number of aromatic nitrogens is 3. The van der Waals surface area contributed by atoms with Crippen LogP contribution in [0, 0.1) is 5.41 Å². The molecule has 152 valence electrons. The van der Waals surface area contributed by atoms with Crippen molar-refractivity contribution in [1.82, 2.24) is 24.8 Å². The first kappa shape index (κ1) is 19.4. The zero-order chi connectivity index (χ0) is 19.7. The first-order valence-electron chi connectivity index (χ1n) is 10.6. The summed E-state index contributed by atoms with van der Waals surface area (Å²) in [5.74, 6) is 2.18. The van der Waals surface area contributed by atoms with Crippen molar-refractivity contribution in [2.75, 3.05) is 25.0 Å². The Morgan fingerprint density at radius 1 is 1.21 bits per heavy atom. The molecule has 2 fully saturated rings. The van der Waals surface area contributed by atoms with Gasteiger partial charge in [-0.3, -0.25) is 4.90 Å². The highest BCUT2D eigenvalue weighted by Gasteiger charge is 2.56. The first-order valence-corrected chi connectivity index (χ1v) is 10.6. The molecular weight excluding hydrogens is 348 g/mol. The van der Waals surface area contributed by atoms with Crippen LogP contribution in [-0.4, -0.2) is 51.7 Å². The lowest BCUT2D eigenvalue weighted by molar-refractivity contribution is 0.182. The summed E-state index contributed by atoms with van der Waals surface area (Å²) in [4.78, 5) is 14.1. The number of hydrogen-bond donors (Lipinski definition) is 1. The Morgan fingerprint density at radius 2 is 2.00 bits per heavy atom. The van der Waals surface area contributed by atoms with Gasteiger partial charge in [-0.1, -0.05) is 6.07 Å². The molecule has 1 N–H and O–H groups in total. The molecule has 2 aliphatic rings. The smallest absolute Gasteiger partial charge is 0.128 e. The van der Waals surface area contributed by atoms with E-state index < -0.39 is 0 Å². The number of anilines is 1.